The van der Waals surface area contributed by atoms with Crippen molar-refractivity contribution in [2.75, 3.05) is 20.2 Å². The van der Waals surface area contributed by atoms with Gasteiger partial charge in [0.1, 0.15) is 5.82 Å². The zero-order chi connectivity index (χ0) is 23.4. The van der Waals surface area contributed by atoms with Crippen LogP contribution < -0.4 is 10.6 Å². The maximum Gasteiger partial charge on any atom is 0.254 e. The monoisotopic (exact) mass is 438 g/mol. The molecule has 0 aliphatic carbocycles. The first-order valence-electron chi connectivity index (χ1n) is 11.2. The number of nitrogens with zero attached hydrogens (tertiary/aromatic N) is 2. The first-order chi connectivity index (χ1) is 15.1. The van der Waals surface area contributed by atoms with Crippen LogP contribution in [0.5, 0.6) is 0 Å². The minimum Gasteiger partial charge on any atom is -0.376 e. The zero-order valence-electron chi connectivity index (χ0n) is 19.7. The number of hydrogen-bond acceptors (Lipinski definition) is 5. The van der Waals surface area contributed by atoms with Crippen molar-refractivity contribution in [3.63, 3.8) is 0 Å². The van der Waals surface area contributed by atoms with Crippen molar-refractivity contribution in [2.45, 2.75) is 64.4 Å². The van der Waals surface area contributed by atoms with Crippen molar-refractivity contribution in [1.29, 1.82) is 0 Å². The Kier molecular flexibility index (Phi) is 7.29. The van der Waals surface area contributed by atoms with Crippen LogP contribution in [0.25, 0.3) is 0 Å². The Bertz CT molecular complexity index is 972. The number of nitrogens with one attached hydrogen (secondary N) is 2. The van der Waals surface area contributed by atoms with E-state index in [1.807, 2.05) is 0 Å². The van der Waals surface area contributed by atoms with E-state index < -0.39 is 0 Å². The Hall–Kier alpha value is -2.80. The Labute approximate surface area is 190 Å². The molecule has 2 N–H and O–H groups in total. The molecule has 1 aliphatic rings. The van der Waals surface area contributed by atoms with Crippen molar-refractivity contribution in [3.8, 4) is 0 Å². The van der Waals surface area contributed by atoms with Gasteiger partial charge in [-0.2, -0.15) is 0 Å². The van der Waals surface area contributed by atoms with Crippen molar-refractivity contribution in [2.24, 2.45) is 0 Å². The van der Waals surface area contributed by atoms with Crippen LogP contribution in [-0.4, -0.2) is 47.6 Å². The van der Waals surface area contributed by atoms with Gasteiger partial charge in [0.2, 0.25) is 5.91 Å². The van der Waals surface area contributed by atoms with Crippen LogP contribution in [0.3, 0.4) is 0 Å². The fourth-order valence-electron chi connectivity index (χ4n) is 4.61. The molecular formula is C25H34N4O3. The highest BCUT2D eigenvalue weighted by molar-refractivity contribution is 5.94. The van der Waals surface area contributed by atoms with Crippen molar-refractivity contribution < 1.29 is 14.3 Å². The lowest BCUT2D eigenvalue weighted by atomic mass is 9.67. The number of hydrogen-bond donors (Lipinski definition) is 2. The number of ether oxygens (including phenoxy) is 1. The van der Waals surface area contributed by atoms with Crippen LogP contribution in [-0.2, 0) is 21.4 Å². The third-order valence-electron chi connectivity index (χ3n) is 6.14. The molecule has 2 heterocycles. The van der Waals surface area contributed by atoms with Gasteiger partial charge in [-0.3, -0.25) is 9.59 Å². The molecule has 1 aromatic carbocycles. The van der Waals surface area contributed by atoms with Crippen LogP contribution in [0.1, 0.15) is 66.1 Å². The topological polar surface area (TPSA) is 93.2 Å². The highest BCUT2D eigenvalue weighted by atomic mass is 16.5. The fourth-order valence-corrected chi connectivity index (χ4v) is 4.61. The van der Waals surface area contributed by atoms with Crippen molar-refractivity contribution in [3.05, 3.63) is 58.7 Å². The van der Waals surface area contributed by atoms with Gasteiger partial charge in [-0.05, 0) is 46.1 Å². The number of benzene rings is 1. The molecule has 0 saturated carbocycles. The first kappa shape index (κ1) is 23.9. The molecule has 0 radical (unpaired) electrons. The molecule has 2 aromatic rings. The van der Waals surface area contributed by atoms with Crippen molar-refractivity contribution >= 4 is 11.8 Å². The van der Waals surface area contributed by atoms with Gasteiger partial charge in [0, 0.05) is 44.7 Å². The van der Waals surface area contributed by atoms with E-state index in [9.17, 15) is 9.59 Å². The number of rotatable bonds is 7. The van der Waals surface area contributed by atoms with Crippen LogP contribution in [0.4, 0.5) is 0 Å². The molecule has 7 heteroatoms. The third kappa shape index (κ3) is 5.71. The zero-order valence-corrected chi connectivity index (χ0v) is 19.7. The van der Waals surface area contributed by atoms with Gasteiger partial charge < -0.3 is 15.4 Å². The second kappa shape index (κ2) is 9.77. The Morgan fingerprint density at radius 1 is 1.16 bits per heavy atom. The molecule has 0 bridgehead atoms. The van der Waals surface area contributed by atoms with E-state index in [1.54, 1.807) is 14.0 Å². The predicted octanol–water partition coefficient (Wildman–Crippen LogP) is 3.03. The van der Waals surface area contributed by atoms with Gasteiger partial charge in [-0.1, -0.05) is 29.8 Å². The smallest absolute Gasteiger partial charge is 0.254 e. The molecule has 172 valence electrons. The Morgan fingerprint density at radius 3 is 2.53 bits per heavy atom. The van der Waals surface area contributed by atoms with E-state index in [-0.39, 0.29) is 22.8 Å². The maximum absolute atomic E-state index is 13.0. The lowest BCUT2D eigenvalue weighted by molar-refractivity contribution is -0.126. The molecule has 7 nitrogen and oxygen atoms in total. The van der Waals surface area contributed by atoms with Crippen molar-refractivity contribution in [1.82, 2.24) is 20.6 Å². The third-order valence-corrected chi connectivity index (χ3v) is 6.14. The molecule has 3 rings (SSSR count). The van der Waals surface area contributed by atoms with Crippen LogP contribution in [0, 0.1) is 13.8 Å². The molecule has 2 amide bonds. The number of aromatic nitrogens is 2. The first-order valence-corrected chi connectivity index (χ1v) is 11.2. The second-order valence-corrected chi connectivity index (χ2v) is 9.31. The molecule has 1 saturated heterocycles. The van der Waals surface area contributed by atoms with Gasteiger partial charge in [0.25, 0.3) is 5.91 Å². The molecule has 1 fully saturated rings. The summed E-state index contributed by atoms with van der Waals surface area (Å²) >= 11 is 0. The number of aryl methyl sites for hydroxylation is 2. The summed E-state index contributed by atoms with van der Waals surface area (Å²) < 4.78 is 5.96. The van der Waals surface area contributed by atoms with Gasteiger partial charge in [0.05, 0.1) is 16.9 Å². The number of amides is 2. The van der Waals surface area contributed by atoms with Gasteiger partial charge in [0.15, 0.2) is 0 Å². The van der Waals surface area contributed by atoms with E-state index in [0.717, 1.165) is 12.8 Å². The summed E-state index contributed by atoms with van der Waals surface area (Å²) in [6.07, 6.45) is 3.98. The largest absolute Gasteiger partial charge is 0.376 e. The minimum absolute atomic E-state index is 0.00412. The van der Waals surface area contributed by atoms with E-state index in [4.69, 9.17) is 4.74 Å². The highest BCUT2D eigenvalue weighted by Crippen LogP contribution is 2.44. The lowest BCUT2D eigenvalue weighted by Gasteiger charge is -2.45. The quantitative estimate of drug-likeness (QED) is 0.693. The standard InChI is InChI=1S/C25H34N4O3/c1-17-6-8-19(9-7-17)25(11-13-32-24(3,4)16-25)14-22(30)27-12-10-21-20(23(31)26-5)15-28-18(2)29-21/h6-9,15H,10-14,16H2,1-5H3,(H,26,31)(H,27,30). The van der Waals surface area contributed by atoms with E-state index >= 15 is 0 Å². The molecule has 32 heavy (non-hydrogen) atoms. The SMILES string of the molecule is CNC(=O)c1cnc(C)nc1CCNC(=O)CC1(c2ccc(C)cc2)CCOC(C)(C)C1. The summed E-state index contributed by atoms with van der Waals surface area (Å²) in [6.45, 7) is 9.06. The summed E-state index contributed by atoms with van der Waals surface area (Å²) in [6, 6.07) is 8.50. The summed E-state index contributed by atoms with van der Waals surface area (Å²) in [4.78, 5) is 33.7. The molecule has 1 atom stereocenters. The normalized spacial score (nSPS) is 19.9. The molecule has 1 aromatic heterocycles. The van der Waals surface area contributed by atoms with Gasteiger partial charge in [-0.25, -0.2) is 9.97 Å². The maximum atomic E-state index is 13.0. The molecule has 1 unspecified atom stereocenters. The lowest BCUT2D eigenvalue weighted by Crippen LogP contribution is -2.46. The summed E-state index contributed by atoms with van der Waals surface area (Å²) in [5, 5.41) is 5.65. The summed E-state index contributed by atoms with van der Waals surface area (Å²) in [5.41, 5.74) is 2.91. The van der Waals surface area contributed by atoms with Crippen LogP contribution in [0.2, 0.25) is 0 Å². The van der Waals surface area contributed by atoms with Crippen LogP contribution >= 0.6 is 0 Å². The average molecular weight is 439 g/mol. The summed E-state index contributed by atoms with van der Waals surface area (Å²) in [5.74, 6) is 0.367. The van der Waals surface area contributed by atoms with E-state index in [1.165, 1.54) is 17.3 Å². The van der Waals surface area contributed by atoms with Gasteiger partial charge in [-0.15, -0.1) is 0 Å². The Morgan fingerprint density at radius 2 is 1.88 bits per heavy atom. The second-order valence-electron chi connectivity index (χ2n) is 9.31. The van der Waals surface area contributed by atoms with Crippen LogP contribution in [0.15, 0.2) is 30.5 Å². The molecule has 0 spiro atoms. The summed E-state index contributed by atoms with van der Waals surface area (Å²) in [7, 11) is 1.58. The van der Waals surface area contributed by atoms with Gasteiger partial charge >= 0.3 is 0 Å². The Balaban J connectivity index is 1.71. The minimum atomic E-state index is -0.287. The molecule has 1 aliphatic heterocycles. The fraction of sp³-hybridized carbons (Fsp3) is 0.520. The van der Waals surface area contributed by atoms with E-state index in [2.05, 4.69) is 65.6 Å². The number of carbonyl (C=O) groups excluding carboxylic acids is 2. The highest BCUT2D eigenvalue weighted by Gasteiger charge is 2.43. The van der Waals surface area contributed by atoms with E-state index in [0.29, 0.717) is 43.1 Å². The number of carbonyl (C=O) groups is 2. The average Bonchev–Trinajstić information content (AvgIpc) is 2.73. The predicted molar refractivity (Wildman–Crippen MR) is 124 cm³/mol. The molecular weight excluding hydrogens is 404 g/mol.